The van der Waals surface area contributed by atoms with Gasteiger partial charge in [0, 0.05) is 29.3 Å². The highest BCUT2D eigenvalue weighted by atomic mass is 16.6. The highest BCUT2D eigenvalue weighted by Crippen LogP contribution is 2.32. The van der Waals surface area contributed by atoms with Gasteiger partial charge in [-0.25, -0.2) is 0 Å². The maximum absolute atomic E-state index is 12.9. The second-order valence-electron chi connectivity index (χ2n) is 6.79. The van der Waals surface area contributed by atoms with Gasteiger partial charge in [-0.1, -0.05) is 24.3 Å². The van der Waals surface area contributed by atoms with Crippen LogP contribution in [0.4, 0.5) is 22.7 Å². The number of furan rings is 1. The fourth-order valence-corrected chi connectivity index (χ4v) is 3.19. The van der Waals surface area contributed by atoms with Crippen LogP contribution in [0, 0.1) is 20.2 Å². The molecule has 2 N–H and O–H groups in total. The van der Waals surface area contributed by atoms with E-state index in [4.69, 9.17) is 4.42 Å². The Labute approximate surface area is 184 Å². The Hall–Kier alpha value is -5.06. The molecule has 1 aromatic heterocycles. The molecule has 0 fully saturated rings. The van der Waals surface area contributed by atoms with E-state index in [-0.39, 0.29) is 34.1 Å². The molecule has 0 spiro atoms. The van der Waals surface area contributed by atoms with E-state index in [2.05, 4.69) is 10.6 Å². The number of nitro benzene ring substituents is 2. The lowest BCUT2D eigenvalue weighted by atomic mass is 10.1. The molecule has 0 atom stereocenters. The van der Waals surface area contributed by atoms with Crippen LogP contribution in [0.1, 0.15) is 20.9 Å². The number of rotatable bonds is 6. The fraction of sp³-hybridized carbons (Fsp3) is 0. The molecule has 0 radical (unpaired) electrons. The highest BCUT2D eigenvalue weighted by molar-refractivity contribution is 6.17. The summed E-state index contributed by atoms with van der Waals surface area (Å²) < 4.78 is 5.64. The molecule has 0 aliphatic heterocycles. The van der Waals surface area contributed by atoms with Crippen molar-refractivity contribution in [2.24, 2.45) is 0 Å². The first-order chi connectivity index (χ1) is 15.8. The topological polar surface area (TPSA) is 158 Å². The van der Waals surface area contributed by atoms with Gasteiger partial charge in [0.2, 0.25) is 5.76 Å². The number of nitrogens with zero attached hydrogens (tertiary/aromatic N) is 2. The summed E-state index contributed by atoms with van der Waals surface area (Å²) in [6.45, 7) is 0. The highest BCUT2D eigenvalue weighted by Gasteiger charge is 2.26. The Morgan fingerprint density at radius 2 is 1.42 bits per heavy atom. The molecule has 0 saturated carbocycles. The minimum absolute atomic E-state index is 0.0353. The summed E-state index contributed by atoms with van der Waals surface area (Å²) in [6, 6.07) is 17.1. The summed E-state index contributed by atoms with van der Waals surface area (Å²) >= 11 is 0. The predicted octanol–water partition coefficient (Wildman–Crippen LogP) is 4.75. The van der Waals surface area contributed by atoms with E-state index in [0.717, 1.165) is 0 Å². The van der Waals surface area contributed by atoms with Crippen molar-refractivity contribution in [2.45, 2.75) is 0 Å². The summed E-state index contributed by atoms with van der Waals surface area (Å²) in [7, 11) is 0. The zero-order valence-corrected chi connectivity index (χ0v) is 16.7. The number of nitrogens with one attached hydrogen (secondary N) is 2. The van der Waals surface area contributed by atoms with Gasteiger partial charge in [-0.2, -0.15) is 0 Å². The smallest absolute Gasteiger partial charge is 0.293 e. The normalized spacial score (nSPS) is 10.5. The van der Waals surface area contributed by atoms with Gasteiger partial charge in [-0.15, -0.1) is 0 Å². The predicted molar refractivity (Wildman–Crippen MR) is 118 cm³/mol. The standard InChI is InChI=1S/C22H14N4O7/c27-21(15-5-1-3-7-17(15)26(31)32)24-19-16-6-2-4-8-18(16)33-20(19)22(28)23-13-9-11-14(12-10-13)25(29)30/h1-12H,(H,23,28)(H,24,27). The van der Waals surface area contributed by atoms with Crippen LogP contribution in [-0.2, 0) is 0 Å². The lowest BCUT2D eigenvalue weighted by Crippen LogP contribution is -2.18. The minimum atomic E-state index is -0.793. The summed E-state index contributed by atoms with van der Waals surface area (Å²) in [4.78, 5) is 46.6. The Kier molecular flexibility index (Phi) is 5.51. The number of carbonyl (C=O) groups is 2. The van der Waals surface area contributed by atoms with Crippen molar-refractivity contribution in [3.8, 4) is 0 Å². The molecule has 11 heteroatoms. The van der Waals surface area contributed by atoms with Crippen molar-refractivity contribution < 1.29 is 23.9 Å². The largest absolute Gasteiger partial charge is 0.449 e. The van der Waals surface area contributed by atoms with Crippen molar-refractivity contribution in [2.75, 3.05) is 10.6 Å². The number of hydrogen-bond donors (Lipinski definition) is 2. The molecule has 4 aromatic rings. The first-order valence-corrected chi connectivity index (χ1v) is 9.47. The number of amides is 2. The van der Waals surface area contributed by atoms with Crippen molar-refractivity contribution in [3.05, 3.63) is 104 Å². The zero-order valence-electron chi connectivity index (χ0n) is 16.7. The molecule has 0 aliphatic rings. The maximum atomic E-state index is 12.9. The molecular weight excluding hydrogens is 432 g/mol. The van der Waals surface area contributed by atoms with E-state index in [1.54, 1.807) is 24.3 Å². The Morgan fingerprint density at radius 3 is 2.12 bits per heavy atom. The van der Waals surface area contributed by atoms with Crippen molar-refractivity contribution in [1.82, 2.24) is 0 Å². The second-order valence-corrected chi connectivity index (χ2v) is 6.79. The summed E-state index contributed by atoms with van der Waals surface area (Å²) in [5, 5.41) is 27.6. The van der Waals surface area contributed by atoms with Crippen LogP contribution in [0.5, 0.6) is 0 Å². The lowest BCUT2D eigenvalue weighted by Gasteiger charge is -2.08. The molecule has 0 unspecified atom stereocenters. The summed E-state index contributed by atoms with van der Waals surface area (Å²) in [5.74, 6) is -1.75. The number of non-ortho nitro benzene ring substituents is 1. The molecule has 0 aliphatic carbocycles. The third-order valence-electron chi connectivity index (χ3n) is 4.72. The third kappa shape index (κ3) is 4.23. The second kappa shape index (κ2) is 8.59. The number of fused-ring (bicyclic) bond motifs is 1. The number of carbonyl (C=O) groups excluding carboxylic acids is 2. The number of hydrogen-bond acceptors (Lipinski definition) is 7. The van der Waals surface area contributed by atoms with Crippen molar-refractivity contribution in [3.63, 3.8) is 0 Å². The Balaban J connectivity index is 1.69. The van der Waals surface area contributed by atoms with Crippen LogP contribution < -0.4 is 10.6 Å². The first-order valence-electron chi connectivity index (χ1n) is 9.47. The van der Waals surface area contributed by atoms with E-state index in [9.17, 15) is 29.8 Å². The van der Waals surface area contributed by atoms with Gasteiger partial charge >= 0.3 is 0 Å². The summed E-state index contributed by atoms with van der Waals surface area (Å²) in [5.41, 5.74) is -0.109. The zero-order chi connectivity index (χ0) is 23.5. The average molecular weight is 446 g/mol. The van der Waals surface area contributed by atoms with E-state index in [1.165, 1.54) is 48.5 Å². The van der Waals surface area contributed by atoms with Crippen LogP contribution in [0.15, 0.2) is 77.2 Å². The molecule has 4 rings (SSSR count). The number of nitro groups is 2. The maximum Gasteiger partial charge on any atom is 0.293 e. The molecule has 0 bridgehead atoms. The van der Waals surface area contributed by atoms with Crippen LogP contribution in [-0.4, -0.2) is 21.7 Å². The van der Waals surface area contributed by atoms with Crippen LogP contribution in [0.2, 0.25) is 0 Å². The Morgan fingerprint density at radius 1 is 0.758 bits per heavy atom. The molecule has 3 aromatic carbocycles. The molecule has 33 heavy (non-hydrogen) atoms. The van der Waals surface area contributed by atoms with Crippen molar-refractivity contribution >= 4 is 45.5 Å². The van der Waals surface area contributed by atoms with Gasteiger partial charge < -0.3 is 15.1 Å². The third-order valence-corrected chi connectivity index (χ3v) is 4.72. The molecular formula is C22H14N4O7. The Bertz CT molecular complexity index is 1410. The molecule has 0 saturated heterocycles. The molecule has 1 heterocycles. The quantitative estimate of drug-likeness (QED) is 0.319. The monoisotopic (exact) mass is 446 g/mol. The molecule has 2 amide bonds. The van der Waals surface area contributed by atoms with Gasteiger partial charge in [0.15, 0.2) is 0 Å². The number of para-hydroxylation sites is 2. The van der Waals surface area contributed by atoms with E-state index >= 15 is 0 Å². The van der Waals surface area contributed by atoms with E-state index in [0.29, 0.717) is 11.0 Å². The van der Waals surface area contributed by atoms with Gasteiger partial charge in [0.1, 0.15) is 16.8 Å². The van der Waals surface area contributed by atoms with Gasteiger partial charge in [0.05, 0.1) is 9.85 Å². The fourth-order valence-electron chi connectivity index (χ4n) is 3.19. The van der Waals surface area contributed by atoms with Crippen LogP contribution >= 0.6 is 0 Å². The van der Waals surface area contributed by atoms with E-state index in [1.807, 2.05) is 0 Å². The van der Waals surface area contributed by atoms with E-state index < -0.39 is 21.7 Å². The van der Waals surface area contributed by atoms with Crippen LogP contribution in [0.25, 0.3) is 11.0 Å². The van der Waals surface area contributed by atoms with Crippen molar-refractivity contribution in [1.29, 1.82) is 0 Å². The van der Waals surface area contributed by atoms with Gasteiger partial charge in [-0.05, 0) is 30.3 Å². The molecule has 11 nitrogen and oxygen atoms in total. The van der Waals surface area contributed by atoms with Gasteiger partial charge in [0.25, 0.3) is 23.2 Å². The first kappa shape index (κ1) is 21.2. The number of benzene rings is 3. The average Bonchev–Trinajstić information content (AvgIpc) is 3.18. The summed E-state index contributed by atoms with van der Waals surface area (Å²) in [6.07, 6.45) is 0. The number of anilines is 2. The SMILES string of the molecule is O=C(Nc1c(C(=O)Nc2ccc([N+](=O)[O-])cc2)oc2ccccc12)c1ccccc1[N+](=O)[O-]. The lowest BCUT2D eigenvalue weighted by molar-refractivity contribution is -0.385. The minimum Gasteiger partial charge on any atom is -0.449 e. The van der Waals surface area contributed by atoms with Gasteiger partial charge in [-0.3, -0.25) is 29.8 Å². The molecule has 164 valence electrons. The van der Waals surface area contributed by atoms with Crippen LogP contribution in [0.3, 0.4) is 0 Å².